The van der Waals surface area contributed by atoms with E-state index in [-0.39, 0.29) is 28.6 Å². The maximum Gasteiger partial charge on any atom is 0.430 e. The Hall–Kier alpha value is -3.15. The molecule has 12 heteroatoms. The van der Waals surface area contributed by atoms with E-state index >= 15 is 0 Å². The van der Waals surface area contributed by atoms with Crippen LogP contribution in [0.5, 0.6) is 0 Å². The molecule has 0 heterocycles. The van der Waals surface area contributed by atoms with E-state index in [2.05, 4.69) is 10.6 Å². The summed E-state index contributed by atoms with van der Waals surface area (Å²) in [6, 6.07) is 11.1. The Kier molecular flexibility index (Phi) is 7.41. The zero-order valence-corrected chi connectivity index (χ0v) is 19.0. The van der Waals surface area contributed by atoms with Crippen molar-refractivity contribution in [3.8, 4) is 0 Å². The van der Waals surface area contributed by atoms with Gasteiger partial charge in [-0.1, -0.05) is 19.1 Å². The van der Waals surface area contributed by atoms with Crippen molar-refractivity contribution in [1.29, 1.82) is 0 Å². The lowest BCUT2D eigenvalue weighted by Gasteiger charge is -2.69. The Morgan fingerprint density at radius 3 is 2.08 bits per heavy atom. The predicted molar refractivity (Wildman–Crippen MR) is 111 cm³/mol. The minimum atomic E-state index is -5.19. The van der Waals surface area contributed by atoms with Crippen molar-refractivity contribution in [2.75, 3.05) is 5.32 Å². The highest BCUT2D eigenvalue weighted by Crippen LogP contribution is 2.68. The molecule has 3 aliphatic rings. The summed E-state index contributed by atoms with van der Waals surface area (Å²) in [6.45, 7) is 2.41. The molecule has 2 aromatic rings. The zero-order valence-electron chi connectivity index (χ0n) is 19.0. The molecule has 1 amide bonds. The molecule has 3 fully saturated rings. The molecule has 0 aromatic heterocycles. The van der Waals surface area contributed by atoms with Gasteiger partial charge in [0.1, 0.15) is 18.3 Å². The van der Waals surface area contributed by atoms with E-state index in [1.807, 2.05) is 6.92 Å². The van der Waals surface area contributed by atoms with E-state index in [9.17, 15) is 35.5 Å². The number of rotatable bonds is 6. The Labute approximate surface area is 201 Å². The third kappa shape index (κ3) is 6.15. The van der Waals surface area contributed by atoms with Crippen molar-refractivity contribution >= 4 is 17.6 Å². The van der Waals surface area contributed by atoms with Gasteiger partial charge in [0.15, 0.2) is 0 Å². The Morgan fingerprint density at radius 2 is 1.58 bits per heavy atom. The van der Waals surface area contributed by atoms with E-state index in [4.69, 9.17) is 9.90 Å². The van der Waals surface area contributed by atoms with E-state index in [0.29, 0.717) is 17.8 Å². The standard InChI is InChI=1S/C22H22F4N2O.C2HF3O2/c1-14(19(29)28-18-7-5-17(23)6-8-18)20-11-21(12-20,13-20)27-10-15-3-2-4-16(9-15)22(24,25)26;3-2(4,5)1(6)7/h2-9,14,27H,10-13H2,1H3,(H,28,29);(H,6,7)/t14-,20?,21?;/m1./s1. The van der Waals surface area contributed by atoms with Crippen LogP contribution in [-0.2, 0) is 22.3 Å². The largest absolute Gasteiger partial charge is 0.542 e. The normalized spacial score (nSPS) is 23.3. The van der Waals surface area contributed by atoms with Crippen molar-refractivity contribution in [3.63, 3.8) is 0 Å². The maximum absolute atomic E-state index is 13.0. The molecule has 0 aliphatic heterocycles. The molecule has 0 radical (unpaired) electrons. The number of amides is 1. The van der Waals surface area contributed by atoms with Crippen molar-refractivity contribution in [1.82, 2.24) is 0 Å². The average molecular weight is 520 g/mol. The second kappa shape index (κ2) is 9.72. The van der Waals surface area contributed by atoms with E-state index in [0.717, 1.165) is 25.3 Å². The van der Waals surface area contributed by atoms with Crippen molar-refractivity contribution in [2.45, 2.75) is 50.6 Å². The number of nitrogens with one attached hydrogen (secondary N) is 1. The van der Waals surface area contributed by atoms with Gasteiger partial charge < -0.3 is 20.5 Å². The lowest BCUT2D eigenvalue weighted by Crippen LogP contribution is -3.05. The van der Waals surface area contributed by atoms with Crippen molar-refractivity contribution in [3.05, 3.63) is 65.5 Å². The SMILES string of the molecule is C[C@H](C(=O)Nc1ccc(F)cc1)C12CC([NH2+]Cc3cccc(C(F)(F)F)c3)(C1)C2.O=C([O-])C(F)(F)F. The van der Waals surface area contributed by atoms with Crippen LogP contribution in [0.25, 0.3) is 0 Å². The lowest BCUT2D eigenvalue weighted by atomic mass is 9.36. The van der Waals surface area contributed by atoms with Gasteiger partial charge in [0.2, 0.25) is 5.91 Å². The number of aliphatic carboxylic acids is 1. The molecule has 2 aromatic carbocycles. The third-order valence-electron chi connectivity index (χ3n) is 6.79. The molecule has 196 valence electrons. The number of carboxylic acids is 1. The molecule has 0 unspecified atom stereocenters. The second-order valence-electron chi connectivity index (χ2n) is 9.36. The highest BCUT2D eigenvalue weighted by molar-refractivity contribution is 5.93. The first kappa shape index (κ1) is 27.4. The van der Waals surface area contributed by atoms with Crippen LogP contribution in [0.1, 0.15) is 37.3 Å². The lowest BCUT2D eigenvalue weighted by molar-refractivity contribution is -0.788. The number of anilines is 1. The van der Waals surface area contributed by atoms with Crippen LogP contribution in [-0.4, -0.2) is 23.6 Å². The smallest absolute Gasteiger partial charge is 0.430 e. The van der Waals surface area contributed by atoms with Gasteiger partial charge in [-0.2, -0.15) is 26.3 Å². The van der Waals surface area contributed by atoms with Crippen LogP contribution in [0.4, 0.5) is 36.4 Å². The topological polar surface area (TPSA) is 85.8 Å². The first-order valence-electron chi connectivity index (χ1n) is 10.9. The molecule has 1 atom stereocenters. The number of quaternary nitrogens is 1. The van der Waals surface area contributed by atoms with Crippen molar-refractivity contribution < 1.29 is 50.7 Å². The number of hydrogen-bond donors (Lipinski definition) is 2. The summed E-state index contributed by atoms with van der Waals surface area (Å²) in [6.07, 6.45) is -6.87. The summed E-state index contributed by atoms with van der Waals surface area (Å²) in [5.41, 5.74) is 0.609. The van der Waals surface area contributed by atoms with Gasteiger partial charge in [-0.15, -0.1) is 0 Å². The number of carbonyl (C=O) groups excluding carboxylic acids is 2. The summed E-state index contributed by atoms with van der Waals surface area (Å²) in [5, 5.41) is 13.7. The summed E-state index contributed by atoms with van der Waals surface area (Å²) in [5.74, 6) is -3.61. The minimum absolute atomic E-state index is 0.0333. The van der Waals surface area contributed by atoms with Gasteiger partial charge in [0, 0.05) is 36.4 Å². The molecular formula is C24H23F7N2O3. The number of alkyl halides is 6. The van der Waals surface area contributed by atoms with Gasteiger partial charge in [0.25, 0.3) is 0 Å². The van der Waals surface area contributed by atoms with E-state index in [1.54, 1.807) is 6.07 Å². The molecule has 3 N–H and O–H groups in total. The number of nitrogens with two attached hydrogens (primary N) is 1. The van der Waals surface area contributed by atoms with Crippen LogP contribution >= 0.6 is 0 Å². The summed E-state index contributed by atoms with van der Waals surface area (Å²) >= 11 is 0. The molecule has 2 bridgehead atoms. The van der Waals surface area contributed by atoms with Crippen LogP contribution in [0, 0.1) is 17.2 Å². The first-order chi connectivity index (χ1) is 16.6. The van der Waals surface area contributed by atoms with Gasteiger partial charge in [-0.05, 0) is 41.8 Å². The Balaban J connectivity index is 0.000000454. The van der Waals surface area contributed by atoms with Crippen LogP contribution in [0.15, 0.2) is 48.5 Å². The minimum Gasteiger partial charge on any atom is -0.542 e. The number of halogens is 7. The highest BCUT2D eigenvalue weighted by Gasteiger charge is 2.73. The predicted octanol–water partition coefficient (Wildman–Crippen LogP) is 3.40. The average Bonchev–Trinajstić information content (AvgIpc) is 2.72. The van der Waals surface area contributed by atoms with E-state index in [1.165, 1.54) is 36.4 Å². The number of carbonyl (C=O) groups is 2. The summed E-state index contributed by atoms with van der Waals surface area (Å²) in [4.78, 5) is 21.3. The number of carboxylic acid groups (broad SMARTS) is 1. The van der Waals surface area contributed by atoms with Crippen LogP contribution < -0.4 is 15.7 Å². The first-order valence-corrected chi connectivity index (χ1v) is 10.9. The molecule has 3 saturated carbocycles. The van der Waals surface area contributed by atoms with Crippen LogP contribution in [0.2, 0.25) is 0 Å². The fourth-order valence-electron chi connectivity index (χ4n) is 4.89. The Bertz CT molecular complexity index is 1090. The number of hydrogen-bond acceptors (Lipinski definition) is 3. The fraction of sp³-hybridized carbons (Fsp3) is 0.417. The summed E-state index contributed by atoms with van der Waals surface area (Å²) in [7, 11) is 0. The quantitative estimate of drug-likeness (QED) is 0.573. The fourth-order valence-corrected chi connectivity index (χ4v) is 4.89. The van der Waals surface area contributed by atoms with Crippen molar-refractivity contribution in [2.24, 2.45) is 11.3 Å². The van der Waals surface area contributed by atoms with Crippen LogP contribution in [0.3, 0.4) is 0 Å². The summed E-state index contributed by atoms with van der Waals surface area (Å²) < 4.78 is 83.1. The third-order valence-corrected chi connectivity index (χ3v) is 6.79. The Morgan fingerprint density at radius 1 is 1.03 bits per heavy atom. The molecular weight excluding hydrogens is 497 g/mol. The molecule has 5 rings (SSSR count). The van der Waals surface area contributed by atoms with Gasteiger partial charge in [0.05, 0.1) is 11.1 Å². The zero-order chi connectivity index (χ0) is 26.9. The molecule has 0 spiro atoms. The van der Waals surface area contributed by atoms with E-state index < -0.39 is 23.9 Å². The highest BCUT2D eigenvalue weighted by atomic mass is 19.4. The van der Waals surface area contributed by atoms with Gasteiger partial charge >= 0.3 is 12.4 Å². The number of benzene rings is 2. The molecule has 5 nitrogen and oxygen atoms in total. The monoisotopic (exact) mass is 520 g/mol. The second-order valence-corrected chi connectivity index (χ2v) is 9.36. The molecule has 36 heavy (non-hydrogen) atoms. The van der Waals surface area contributed by atoms with Gasteiger partial charge in [-0.3, -0.25) is 4.79 Å². The molecule has 0 saturated heterocycles. The maximum atomic E-state index is 13.0. The van der Waals surface area contributed by atoms with Gasteiger partial charge in [-0.25, -0.2) is 4.39 Å². The molecule has 3 aliphatic carbocycles.